The number of rotatable bonds is 2. The lowest BCUT2D eigenvalue weighted by atomic mass is 9.95. The van der Waals surface area contributed by atoms with Crippen LogP contribution in [0.3, 0.4) is 0 Å². The third-order valence-electron chi connectivity index (χ3n) is 3.63. The normalized spacial score (nSPS) is 14.4. The van der Waals surface area contributed by atoms with Crippen LogP contribution in [-0.2, 0) is 9.84 Å². The number of sulfone groups is 1. The number of Topliss-reactive ketones (excluding diaryl/α,β-unsaturated/α-hetero) is 2. The van der Waals surface area contributed by atoms with Crippen molar-refractivity contribution in [1.82, 2.24) is 0 Å². The van der Waals surface area contributed by atoms with Crippen LogP contribution >= 0.6 is 0 Å². The summed E-state index contributed by atoms with van der Waals surface area (Å²) in [5, 5.41) is 0. The molecule has 0 unspecified atom stereocenters. The standard InChI is InChI=1S/C16H12O4S/c1-9(17)12-7-14-11-5-3-4-6-15(11)21(19,20)16(14)8-13(12)10(2)18/h3-8H,1-2H3. The molecule has 106 valence electrons. The minimum Gasteiger partial charge on any atom is -0.294 e. The number of hydrogen-bond donors (Lipinski definition) is 0. The molecule has 0 radical (unpaired) electrons. The molecule has 21 heavy (non-hydrogen) atoms. The summed E-state index contributed by atoms with van der Waals surface area (Å²) in [6.45, 7) is 2.69. The smallest absolute Gasteiger partial charge is 0.207 e. The van der Waals surface area contributed by atoms with Gasteiger partial charge in [-0.05, 0) is 32.0 Å². The first-order valence-electron chi connectivity index (χ1n) is 6.38. The quantitative estimate of drug-likeness (QED) is 0.682. The van der Waals surface area contributed by atoms with Gasteiger partial charge in [-0.25, -0.2) is 8.42 Å². The molecule has 0 amide bonds. The molecule has 0 saturated heterocycles. The zero-order chi connectivity index (χ0) is 15.4. The van der Waals surface area contributed by atoms with Crippen LogP contribution < -0.4 is 0 Å². The molecule has 0 atom stereocenters. The second-order valence-corrected chi connectivity index (χ2v) is 6.89. The number of ketones is 2. The van der Waals surface area contributed by atoms with Gasteiger partial charge in [0.05, 0.1) is 9.79 Å². The van der Waals surface area contributed by atoms with Crippen LogP contribution in [0.1, 0.15) is 34.6 Å². The van der Waals surface area contributed by atoms with Gasteiger partial charge in [-0.3, -0.25) is 9.59 Å². The van der Waals surface area contributed by atoms with Crippen molar-refractivity contribution in [3.05, 3.63) is 47.5 Å². The second kappa shape index (κ2) is 4.36. The van der Waals surface area contributed by atoms with Gasteiger partial charge in [0.2, 0.25) is 9.84 Å². The summed E-state index contributed by atoms with van der Waals surface area (Å²) < 4.78 is 25.1. The third kappa shape index (κ3) is 1.85. The Kier molecular flexibility index (Phi) is 2.85. The van der Waals surface area contributed by atoms with E-state index in [1.54, 1.807) is 18.2 Å². The molecule has 2 aromatic rings. The Balaban J connectivity index is 2.45. The van der Waals surface area contributed by atoms with E-state index < -0.39 is 9.84 Å². The molecule has 1 aliphatic heterocycles. The Bertz CT molecular complexity index is 908. The lowest BCUT2D eigenvalue weighted by molar-refractivity contribution is 0.0980. The van der Waals surface area contributed by atoms with E-state index in [4.69, 9.17) is 0 Å². The second-order valence-electron chi connectivity index (χ2n) is 5.01. The van der Waals surface area contributed by atoms with E-state index in [-0.39, 0.29) is 32.5 Å². The number of carbonyl (C=O) groups is 2. The molecule has 0 fully saturated rings. The molecule has 1 heterocycles. The molecule has 0 aliphatic carbocycles. The van der Waals surface area contributed by atoms with Crippen molar-refractivity contribution in [2.45, 2.75) is 23.6 Å². The maximum absolute atomic E-state index is 12.5. The van der Waals surface area contributed by atoms with Crippen molar-refractivity contribution < 1.29 is 18.0 Å². The summed E-state index contributed by atoms with van der Waals surface area (Å²) in [5.41, 5.74) is 1.47. The van der Waals surface area contributed by atoms with Crippen LogP contribution in [0.15, 0.2) is 46.2 Å². The topological polar surface area (TPSA) is 68.3 Å². The van der Waals surface area contributed by atoms with Crippen LogP contribution in [0.5, 0.6) is 0 Å². The molecule has 5 heteroatoms. The maximum atomic E-state index is 12.5. The van der Waals surface area contributed by atoms with Crippen molar-refractivity contribution in [3.63, 3.8) is 0 Å². The van der Waals surface area contributed by atoms with E-state index in [1.165, 1.54) is 32.0 Å². The number of hydrogen-bond acceptors (Lipinski definition) is 4. The Labute approximate surface area is 122 Å². The van der Waals surface area contributed by atoms with Gasteiger partial charge in [0.15, 0.2) is 11.6 Å². The third-order valence-corrected chi connectivity index (χ3v) is 5.49. The first-order chi connectivity index (χ1) is 9.84. The molecule has 4 nitrogen and oxygen atoms in total. The summed E-state index contributed by atoms with van der Waals surface area (Å²) in [5.74, 6) is -0.584. The SMILES string of the molecule is CC(=O)c1cc2c(cc1C(C)=O)S(=O)(=O)c1ccccc1-2. The zero-order valence-electron chi connectivity index (χ0n) is 11.5. The van der Waals surface area contributed by atoms with Crippen molar-refractivity contribution >= 4 is 21.4 Å². The molecule has 0 saturated carbocycles. The van der Waals surface area contributed by atoms with Gasteiger partial charge >= 0.3 is 0 Å². The minimum atomic E-state index is -3.63. The Morgan fingerprint density at radius 1 is 0.810 bits per heavy atom. The number of fused-ring (bicyclic) bond motifs is 3. The maximum Gasteiger partial charge on any atom is 0.207 e. The highest BCUT2D eigenvalue weighted by molar-refractivity contribution is 7.92. The first kappa shape index (κ1) is 13.7. The fraction of sp³-hybridized carbons (Fsp3) is 0.125. The first-order valence-corrected chi connectivity index (χ1v) is 7.87. The summed E-state index contributed by atoms with van der Waals surface area (Å²) in [6.07, 6.45) is 0. The van der Waals surface area contributed by atoms with Crippen molar-refractivity contribution in [1.29, 1.82) is 0 Å². The predicted molar refractivity (Wildman–Crippen MR) is 77.3 cm³/mol. The van der Waals surface area contributed by atoms with E-state index >= 15 is 0 Å². The molecule has 0 spiro atoms. The van der Waals surface area contributed by atoms with Crippen molar-refractivity contribution in [3.8, 4) is 11.1 Å². The van der Waals surface area contributed by atoms with Gasteiger partial charge in [0.25, 0.3) is 0 Å². The Hall–Kier alpha value is -2.27. The van der Waals surface area contributed by atoms with E-state index in [2.05, 4.69) is 0 Å². The lowest BCUT2D eigenvalue weighted by Gasteiger charge is -2.07. The fourth-order valence-electron chi connectivity index (χ4n) is 2.64. The molecular formula is C16H12O4S. The summed E-state index contributed by atoms with van der Waals surface area (Å²) in [4.78, 5) is 23.8. The molecule has 0 aromatic heterocycles. The van der Waals surface area contributed by atoms with Crippen LogP contribution in [0.2, 0.25) is 0 Å². The minimum absolute atomic E-state index is 0.0962. The highest BCUT2D eigenvalue weighted by Gasteiger charge is 2.34. The van der Waals surface area contributed by atoms with Crippen LogP contribution in [0.25, 0.3) is 11.1 Å². The Morgan fingerprint density at radius 3 is 2.00 bits per heavy atom. The number of carbonyl (C=O) groups excluding carboxylic acids is 2. The summed E-state index contributed by atoms with van der Waals surface area (Å²) in [6, 6.07) is 9.47. The fourth-order valence-corrected chi connectivity index (χ4v) is 4.33. The van der Waals surface area contributed by atoms with Gasteiger partial charge in [0, 0.05) is 22.3 Å². The average Bonchev–Trinajstić information content (AvgIpc) is 2.66. The van der Waals surface area contributed by atoms with Gasteiger partial charge < -0.3 is 0 Å². The molecular weight excluding hydrogens is 288 g/mol. The van der Waals surface area contributed by atoms with Gasteiger partial charge in [-0.2, -0.15) is 0 Å². The molecule has 0 bridgehead atoms. The largest absolute Gasteiger partial charge is 0.294 e. The Morgan fingerprint density at radius 2 is 1.38 bits per heavy atom. The van der Waals surface area contributed by atoms with E-state index in [9.17, 15) is 18.0 Å². The van der Waals surface area contributed by atoms with Crippen LogP contribution in [-0.4, -0.2) is 20.0 Å². The van der Waals surface area contributed by atoms with Crippen molar-refractivity contribution in [2.75, 3.05) is 0 Å². The molecule has 3 rings (SSSR count). The molecule has 1 aliphatic rings. The van der Waals surface area contributed by atoms with Crippen LogP contribution in [0.4, 0.5) is 0 Å². The highest BCUT2D eigenvalue weighted by atomic mass is 32.2. The number of benzene rings is 2. The van der Waals surface area contributed by atoms with E-state index in [1.807, 2.05) is 0 Å². The molecule has 2 aromatic carbocycles. The monoisotopic (exact) mass is 300 g/mol. The lowest BCUT2D eigenvalue weighted by Crippen LogP contribution is -2.06. The summed E-state index contributed by atoms with van der Waals surface area (Å²) >= 11 is 0. The van der Waals surface area contributed by atoms with Crippen LogP contribution in [0, 0.1) is 0 Å². The molecule has 0 N–H and O–H groups in total. The van der Waals surface area contributed by atoms with Crippen molar-refractivity contribution in [2.24, 2.45) is 0 Å². The summed E-state index contributed by atoms with van der Waals surface area (Å²) in [7, 11) is -3.63. The average molecular weight is 300 g/mol. The zero-order valence-corrected chi connectivity index (χ0v) is 12.3. The highest BCUT2D eigenvalue weighted by Crippen LogP contribution is 2.44. The van der Waals surface area contributed by atoms with Gasteiger partial charge in [-0.1, -0.05) is 18.2 Å². The van der Waals surface area contributed by atoms with Gasteiger partial charge in [-0.15, -0.1) is 0 Å². The van der Waals surface area contributed by atoms with Gasteiger partial charge in [0.1, 0.15) is 0 Å². The predicted octanol–water partition coefficient (Wildman–Crippen LogP) is 2.91. The van der Waals surface area contributed by atoms with E-state index in [0.29, 0.717) is 11.1 Å². The van der Waals surface area contributed by atoms with E-state index in [0.717, 1.165) is 0 Å².